The van der Waals surface area contributed by atoms with Gasteiger partial charge in [-0.3, -0.25) is 0 Å². The minimum absolute atomic E-state index is 0.279. The van der Waals surface area contributed by atoms with Crippen molar-refractivity contribution in [3.63, 3.8) is 0 Å². The van der Waals surface area contributed by atoms with Crippen LogP contribution in [0.25, 0.3) is 5.69 Å². The van der Waals surface area contributed by atoms with Crippen molar-refractivity contribution in [2.45, 2.75) is 5.33 Å². The predicted molar refractivity (Wildman–Crippen MR) is 85.5 cm³/mol. The first-order valence-corrected chi connectivity index (χ1v) is 7.75. The van der Waals surface area contributed by atoms with Crippen LogP contribution < -0.4 is 4.74 Å². The van der Waals surface area contributed by atoms with Crippen LogP contribution in [0, 0.1) is 0 Å². The average molecular weight is 365 g/mol. The fraction of sp³-hybridized carbons (Fsp3) is 0.0667. The zero-order chi connectivity index (χ0) is 14.7. The summed E-state index contributed by atoms with van der Waals surface area (Å²) in [6.07, 6.45) is 1.61. The summed E-state index contributed by atoms with van der Waals surface area (Å²) < 4.78 is 7.27. The molecule has 4 nitrogen and oxygen atoms in total. The molecular weight excluding hydrogens is 354 g/mol. The number of alkyl halides is 1. The summed E-state index contributed by atoms with van der Waals surface area (Å²) in [5, 5.41) is 5.63. The van der Waals surface area contributed by atoms with Gasteiger partial charge < -0.3 is 4.74 Å². The lowest BCUT2D eigenvalue weighted by Crippen LogP contribution is -1.94. The summed E-state index contributed by atoms with van der Waals surface area (Å²) in [6.45, 7) is 0. The highest BCUT2D eigenvalue weighted by Crippen LogP contribution is 2.26. The highest BCUT2D eigenvalue weighted by atomic mass is 79.9. The molecule has 106 valence electrons. The smallest absolute Gasteiger partial charge is 0.341 e. The molecule has 0 atom stereocenters. The Hall–Kier alpha value is -1.85. The maximum absolute atomic E-state index is 6.14. The number of hydrogen-bond acceptors (Lipinski definition) is 3. The van der Waals surface area contributed by atoms with Gasteiger partial charge in [0.25, 0.3) is 0 Å². The number of rotatable bonds is 4. The molecule has 0 aliphatic heterocycles. The Kier molecular flexibility index (Phi) is 4.22. The standard InChI is InChI=1S/C15H11BrClN3O/c16-9-11-6-7-13(8-14(11)17)21-15-18-10-20(19-15)12-4-2-1-3-5-12/h1-8,10H,9H2. The van der Waals surface area contributed by atoms with Crippen LogP contribution in [0.4, 0.5) is 0 Å². The van der Waals surface area contributed by atoms with Crippen molar-refractivity contribution in [1.82, 2.24) is 14.8 Å². The molecule has 3 aromatic rings. The van der Waals surface area contributed by atoms with Gasteiger partial charge >= 0.3 is 6.01 Å². The first-order valence-electron chi connectivity index (χ1n) is 6.25. The second kappa shape index (κ2) is 6.28. The Bertz CT molecular complexity index is 746. The van der Waals surface area contributed by atoms with Crippen molar-refractivity contribution in [2.24, 2.45) is 0 Å². The van der Waals surface area contributed by atoms with Gasteiger partial charge in [0.05, 0.1) is 5.69 Å². The van der Waals surface area contributed by atoms with Crippen molar-refractivity contribution >= 4 is 27.5 Å². The lowest BCUT2D eigenvalue weighted by Gasteiger charge is -2.04. The molecule has 0 amide bonds. The molecule has 6 heteroatoms. The maximum Gasteiger partial charge on any atom is 0.341 e. The molecule has 1 aromatic heterocycles. The number of benzene rings is 2. The van der Waals surface area contributed by atoms with Crippen LogP contribution in [0.15, 0.2) is 54.9 Å². The molecule has 1 heterocycles. The Morgan fingerprint density at radius 1 is 1.14 bits per heavy atom. The fourth-order valence-electron chi connectivity index (χ4n) is 1.81. The maximum atomic E-state index is 6.14. The molecule has 0 spiro atoms. The molecule has 21 heavy (non-hydrogen) atoms. The van der Waals surface area contributed by atoms with E-state index in [2.05, 4.69) is 26.0 Å². The Morgan fingerprint density at radius 3 is 2.67 bits per heavy atom. The Labute approximate surface area is 135 Å². The summed E-state index contributed by atoms with van der Waals surface area (Å²) in [7, 11) is 0. The second-order valence-electron chi connectivity index (χ2n) is 4.30. The van der Waals surface area contributed by atoms with E-state index in [1.165, 1.54) is 0 Å². The lowest BCUT2D eigenvalue weighted by molar-refractivity contribution is 0.441. The normalized spacial score (nSPS) is 10.6. The summed E-state index contributed by atoms with van der Waals surface area (Å²) in [4.78, 5) is 4.14. The summed E-state index contributed by atoms with van der Waals surface area (Å²) >= 11 is 9.52. The highest BCUT2D eigenvalue weighted by molar-refractivity contribution is 9.08. The largest absolute Gasteiger partial charge is 0.423 e. The first kappa shape index (κ1) is 14.1. The van der Waals surface area contributed by atoms with E-state index in [0.717, 1.165) is 11.3 Å². The van der Waals surface area contributed by atoms with Gasteiger partial charge in [-0.1, -0.05) is 51.8 Å². The number of nitrogens with zero attached hydrogens (tertiary/aromatic N) is 3. The molecule has 3 rings (SSSR count). The topological polar surface area (TPSA) is 39.9 Å². The van der Waals surface area contributed by atoms with E-state index in [9.17, 15) is 0 Å². The molecule has 0 bridgehead atoms. The van der Waals surface area contributed by atoms with Crippen LogP contribution in [0.3, 0.4) is 0 Å². The Morgan fingerprint density at radius 2 is 1.95 bits per heavy atom. The van der Waals surface area contributed by atoms with Gasteiger partial charge in [-0.2, -0.15) is 4.98 Å². The van der Waals surface area contributed by atoms with Crippen LogP contribution in [0.1, 0.15) is 5.56 Å². The molecule has 2 aromatic carbocycles. The van der Waals surface area contributed by atoms with E-state index >= 15 is 0 Å². The Balaban J connectivity index is 1.80. The molecule has 0 aliphatic rings. The number of halogens is 2. The zero-order valence-corrected chi connectivity index (χ0v) is 13.3. The van der Waals surface area contributed by atoms with E-state index < -0.39 is 0 Å². The molecule has 0 saturated heterocycles. The van der Waals surface area contributed by atoms with Crippen molar-refractivity contribution in [1.29, 1.82) is 0 Å². The summed E-state index contributed by atoms with van der Waals surface area (Å²) in [5.41, 5.74) is 1.93. The van der Waals surface area contributed by atoms with Gasteiger partial charge in [-0.25, -0.2) is 4.68 Å². The van der Waals surface area contributed by atoms with Crippen molar-refractivity contribution in [3.8, 4) is 17.4 Å². The number of ether oxygens (including phenoxy) is 1. The van der Waals surface area contributed by atoms with Gasteiger partial charge in [-0.05, 0) is 29.8 Å². The van der Waals surface area contributed by atoms with Gasteiger partial charge in [0.2, 0.25) is 0 Å². The second-order valence-corrected chi connectivity index (χ2v) is 5.26. The number of para-hydroxylation sites is 1. The van der Waals surface area contributed by atoms with Crippen molar-refractivity contribution in [3.05, 3.63) is 65.4 Å². The minimum Gasteiger partial charge on any atom is -0.423 e. The molecule has 0 fully saturated rings. The van der Waals surface area contributed by atoms with Crippen LogP contribution in [0.2, 0.25) is 5.02 Å². The van der Waals surface area contributed by atoms with Crippen LogP contribution in [-0.4, -0.2) is 14.8 Å². The quantitative estimate of drug-likeness (QED) is 0.635. The molecule has 0 unspecified atom stereocenters. The zero-order valence-electron chi connectivity index (χ0n) is 10.9. The number of hydrogen-bond donors (Lipinski definition) is 0. The van der Waals surface area contributed by atoms with Gasteiger partial charge in [0.1, 0.15) is 12.1 Å². The third kappa shape index (κ3) is 3.25. The molecule has 0 aliphatic carbocycles. The predicted octanol–water partition coefficient (Wildman–Crippen LogP) is 4.61. The minimum atomic E-state index is 0.279. The van der Waals surface area contributed by atoms with Gasteiger partial charge in [0.15, 0.2) is 0 Å². The van der Waals surface area contributed by atoms with E-state index in [1.54, 1.807) is 17.1 Å². The van der Waals surface area contributed by atoms with E-state index in [4.69, 9.17) is 16.3 Å². The van der Waals surface area contributed by atoms with E-state index in [0.29, 0.717) is 16.1 Å². The molecule has 0 radical (unpaired) electrons. The summed E-state index contributed by atoms with van der Waals surface area (Å²) in [6, 6.07) is 15.5. The molecule has 0 saturated carbocycles. The SMILES string of the molecule is Clc1cc(Oc2ncn(-c3ccccc3)n2)ccc1CBr. The average Bonchev–Trinajstić information content (AvgIpc) is 2.97. The van der Waals surface area contributed by atoms with Crippen molar-refractivity contribution in [2.75, 3.05) is 0 Å². The van der Waals surface area contributed by atoms with E-state index in [1.807, 2.05) is 42.5 Å². The van der Waals surface area contributed by atoms with Crippen LogP contribution >= 0.6 is 27.5 Å². The van der Waals surface area contributed by atoms with Gasteiger partial charge in [0, 0.05) is 10.4 Å². The third-order valence-corrected chi connectivity index (χ3v) is 3.83. The third-order valence-electron chi connectivity index (χ3n) is 2.87. The van der Waals surface area contributed by atoms with Gasteiger partial charge in [-0.15, -0.1) is 5.10 Å². The monoisotopic (exact) mass is 363 g/mol. The van der Waals surface area contributed by atoms with Crippen LogP contribution in [0.5, 0.6) is 11.8 Å². The fourth-order valence-corrected chi connectivity index (χ4v) is 2.69. The highest BCUT2D eigenvalue weighted by Gasteiger charge is 2.07. The summed E-state index contributed by atoms with van der Waals surface area (Å²) in [5.74, 6) is 0.607. The number of aromatic nitrogens is 3. The van der Waals surface area contributed by atoms with E-state index in [-0.39, 0.29) is 6.01 Å². The van der Waals surface area contributed by atoms with Crippen LogP contribution in [-0.2, 0) is 5.33 Å². The van der Waals surface area contributed by atoms with Crippen molar-refractivity contribution < 1.29 is 4.74 Å². The molecule has 0 N–H and O–H groups in total. The lowest BCUT2D eigenvalue weighted by atomic mass is 10.2. The first-order chi connectivity index (χ1) is 10.3. The molecular formula is C15H11BrClN3O.